The molecular formula is C19H18BFN6O2. The summed E-state index contributed by atoms with van der Waals surface area (Å²) >= 11 is 0. The summed E-state index contributed by atoms with van der Waals surface area (Å²) in [6, 6.07) is 6.43. The van der Waals surface area contributed by atoms with E-state index in [1.54, 1.807) is 20.0 Å². The van der Waals surface area contributed by atoms with Gasteiger partial charge in [-0.3, -0.25) is 4.68 Å². The van der Waals surface area contributed by atoms with E-state index < -0.39 is 11.9 Å². The van der Waals surface area contributed by atoms with Crippen molar-refractivity contribution in [2.24, 2.45) is 7.05 Å². The number of nitriles is 1. The maximum absolute atomic E-state index is 13.9. The first kappa shape index (κ1) is 18.7. The van der Waals surface area contributed by atoms with Crippen LogP contribution in [0, 0.1) is 17.1 Å². The number of halogens is 1. The van der Waals surface area contributed by atoms with Crippen LogP contribution in [0.4, 0.5) is 10.2 Å². The molecular weight excluding hydrogens is 374 g/mol. The molecule has 0 amide bonds. The second-order valence-electron chi connectivity index (χ2n) is 6.93. The van der Waals surface area contributed by atoms with Gasteiger partial charge < -0.3 is 15.1 Å². The van der Waals surface area contributed by atoms with Gasteiger partial charge in [0.25, 0.3) is 5.88 Å². The molecule has 1 aliphatic rings. The second-order valence-corrected chi connectivity index (χ2v) is 6.93. The van der Waals surface area contributed by atoms with Crippen LogP contribution in [0.5, 0.6) is 11.6 Å². The van der Waals surface area contributed by atoms with Crippen molar-refractivity contribution in [2.45, 2.75) is 26.2 Å². The fourth-order valence-electron chi connectivity index (χ4n) is 3.41. The number of rotatable bonds is 0. The van der Waals surface area contributed by atoms with Gasteiger partial charge in [0.1, 0.15) is 29.4 Å². The average Bonchev–Trinajstić information content (AvgIpc) is 2.98. The highest BCUT2D eigenvalue weighted by Gasteiger charge is 2.27. The van der Waals surface area contributed by atoms with Gasteiger partial charge in [0.2, 0.25) is 0 Å². The van der Waals surface area contributed by atoms with Gasteiger partial charge in [-0.15, -0.1) is 0 Å². The van der Waals surface area contributed by atoms with Gasteiger partial charge in [-0.05, 0) is 31.9 Å². The van der Waals surface area contributed by atoms with Crippen molar-refractivity contribution in [1.29, 1.82) is 5.26 Å². The van der Waals surface area contributed by atoms with Crippen LogP contribution < -0.4 is 15.1 Å². The molecule has 10 heteroatoms. The lowest BCUT2D eigenvalue weighted by atomic mass is 9.65. The summed E-state index contributed by atoms with van der Waals surface area (Å²) in [5, 5.41) is 14.1. The van der Waals surface area contributed by atoms with E-state index >= 15 is 0 Å². The molecule has 1 atom stereocenters. The Morgan fingerprint density at radius 1 is 1.41 bits per heavy atom. The minimum absolute atomic E-state index is 0.0915. The molecule has 8 nitrogen and oxygen atoms in total. The maximum Gasteiger partial charge on any atom is 0.360 e. The van der Waals surface area contributed by atoms with E-state index in [-0.39, 0.29) is 18.6 Å². The fourth-order valence-corrected chi connectivity index (χ4v) is 3.41. The molecule has 1 aliphatic heterocycles. The van der Waals surface area contributed by atoms with Gasteiger partial charge >= 0.3 is 6.92 Å². The number of fused-ring (bicyclic) bond motifs is 5. The zero-order valence-electron chi connectivity index (χ0n) is 16.2. The number of hydrogen-bond acceptors (Lipinski definition) is 7. The lowest BCUT2D eigenvalue weighted by molar-refractivity contribution is 0.215. The van der Waals surface area contributed by atoms with Crippen LogP contribution in [-0.4, -0.2) is 26.7 Å². The van der Waals surface area contributed by atoms with Gasteiger partial charge in [-0.1, -0.05) is 0 Å². The number of aryl methyl sites for hydroxylation is 1. The van der Waals surface area contributed by atoms with Gasteiger partial charge in [-0.25, -0.2) is 14.4 Å². The molecule has 29 heavy (non-hydrogen) atoms. The predicted octanol–water partition coefficient (Wildman–Crippen LogP) is 2.71. The third-order valence-corrected chi connectivity index (χ3v) is 4.76. The lowest BCUT2D eigenvalue weighted by Gasteiger charge is -2.22. The van der Waals surface area contributed by atoms with Crippen molar-refractivity contribution < 1.29 is 13.8 Å². The Hall–Kier alpha value is -3.61. The smallest absolute Gasteiger partial charge is 0.360 e. The van der Waals surface area contributed by atoms with E-state index in [2.05, 4.69) is 21.1 Å². The first-order chi connectivity index (χ1) is 13.9. The number of nitrogen functional groups attached to an aromatic ring is 1. The van der Waals surface area contributed by atoms with Crippen molar-refractivity contribution in [2.75, 3.05) is 5.73 Å². The first-order valence-electron chi connectivity index (χ1n) is 9.09. The quantitative estimate of drug-likeness (QED) is 0.586. The normalized spacial score (nSPS) is 15.7. The molecule has 0 aliphatic carbocycles. The minimum Gasteiger partial charge on any atom is -0.560 e. The molecule has 0 unspecified atom stereocenters. The van der Waals surface area contributed by atoms with Crippen molar-refractivity contribution in [3.05, 3.63) is 47.2 Å². The van der Waals surface area contributed by atoms with E-state index in [4.69, 9.17) is 15.1 Å². The Kier molecular flexibility index (Phi) is 4.58. The minimum atomic E-state index is -0.594. The number of ether oxygens (including phenoxy) is 1. The van der Waals surface area contributed by atoms with Crippen LogP contribution >= 0.6 is 0 Å². The van der Waals surface area contributed by atoms with Gasteiger partial charge in [0, 0.05) is 18.9 Å². The maximum atomic E-state index is 13.9. The number of nitrogens with two attached hydrogens (primary N) is 1. The molecule has 4 rings (SSSR count). The number of anilines is 1. The second kappa shape index (κ2) is 7.09. The van der Waals surface area contributed by atoms with Crippen molar-refractivity contribution >= 4 is 12.7 Å². The molecule has 0 spiro atoms. The topological polar surface area (TPSA) is 112 Å². The van der Waals surface area contributed by atoms with Gasteiger partial charge in [0.05, 0.1) is 23.1 Å². The van der Waals surface area contributed by atoms with Crippen LogP contribution in [0.25, 0.3) is 11.3 Å². The van der Waals surface area contributed by atoms with Crippen LogP contribution in [0.2, 0.25) is 6.82 Å². The Morgan fingerprint density at radius 3 is 2.97 bits per heavy atom. The average molecular weight is 392 g/mol. The van der Waals surface area contributed by atoms with E-state index in [9.17, 15) is 9.65 Å². The third kappa shape index (κ3) is 3.35. The standard InChI is InChI=1S/C19H18BFN6O2/c1-10-12-6-11(21)4-5-16(12)29-20(2)7-13-17(15(8-22)27(3)26-13)14-9-24-18(23)19(25-14)28-10/h4-6,9-10H,7H2,1-3H3,(H2,23,24)/t10-/m1/s1. The van der Waals surface area contributed by atoms with Crippen LogP contribution in [0.3, 0.4) is 0 Å². The number of aromatic nitrogens is 4. The summed E-state index contributed by atoms with van der Waals surface area (Å²) < 4.78 is 27.4. The molecule has 3 heterocycles. The van der Waals surface area contributed by atoms with E-state index in [0.717, 1.165) is 0 Å². The highest BCUT2D eigenvalue weighted by atomic mass is 19.1. The number of nitrogens with zero attached hydrogens (tertiary/aromatic N) is 5. The molecule has 0 saturated heterocycles. The molecule has 0 fully saturated rings. The van der Waals surface area contributed by atoms with Gasteiger partial charge in [0.15, 0.2) is 5.82 Å². The highest BCUT2D eigenvalue weighted by molar-refractivity contribution is 6.50. The number of benzene rings is 1. The molecule has 2 N–H and O–H groups in total. The molecule has 3 aromatic rings. The summed E-state index contributed by atoms with van der Waals surface area (Å²) in [7, 11) is 1.69. The summed E-state index contributed by atoms with van der Waals surface area (Å²) in [5.41, 5.74) is 8.46. The summed E-state index contributed by atoms with van der Waals surface area (Å²) in [6.45, 7) is 3.34. The summed E-state index contributed by atoms with van der Waals surface area (Å²) in [6.07, 6.45) is 1.31. The van der Waals surface area contributed by atoms with Crippen molar-refractivity contribution in [1.82, 2.24) is 19.7 Å². The van der Waals surface area contributed by atoms with Crippen molar-refractivity contribution in [3.63, 3.8) is 0 Å². The monoisotopic (exact) mass is 392 g/mol. The SMILES string of the molecule is CB1Cc2nn(C)c(C#N)c2-c2cnc(N)c(n2)O[C@H](C)c2cc(F)ccc2O1. The zero-order valence-corrected chi connectivity index (χ0v) is 16.2. The Morgan fingerprint density at radius 2 is 2.21 bits per heavy atom. The highest BCUT2D eigenvalue weighted by Crippen LogP contribution is 2.35. The molecule has 146 valence electrons. The summed E-state index contributed by atoms with van der Waals surface area (Å²) in [5.74, 6) is 0.278. The number of hydrogen-bond donors (Lipinski definition) is 1. The Labute approximate surface area is 167 Å². The molecule has 2 aromatic heterocycles. The van der Waals surface area contributed by atoms with Crippen LogP contribution in [0.15, 0.2) is 24.4 Å². The van der Waals surface area contributed by atoms with E-state index in [0.29, 0.717) is 40.3 Å². The zero-order chi connectivity index (χ0) is 20.7. The van der Waals surface area contributed by atoms with Crippen LogP contribution in [0.1, 0.15) is 30.0 Å². The third-order valence-electron chi connectivity index (χ3n) is 4.76. The van der Waals surface area contributed by atoms with Gasteiger partial charge in [-0.2, -0.15) is 10.4 Å². The summed E-state index contributed by atoms with van der Waals surface area (Å²) in [4.78, 5) is 8.67. The Balaban J connectivity index is 1.93. The first-order valence-corrected chi connectivity index (χ1v) is 9.09. The largest absolute Gasteiger partial charge is 0.560 e. The van der Waals surface area contributed by atoms with E-state index in [1.807, 2.05) is 6.82 Å². The van der Waals surface area contributed by atoms with E-state index in [1.165, 1.54) is 23.0 Å². The van der Waals surface area contributed by atoms with Crippen molar-refractivity contribution in [3.8, 4) is 29.0 Å². The molecule has 1 aromatic carbocycles. The lowest BCUT2D eigenvalue weighted by Crippen LogP contribution is -2.23. The molecule has 2 bridgehead atoms. The molecule has 0 radical (unpaired) electrons. The van der Waals surface area contributed by atoms with Crippen LogP contribution in [-0.2, 0) is 13.4 Å². The predicted molar refractivity (Wildman–Crippen MR) is 105 cm³/mol. The Bertz CT molecular complexity index is 1140. The molecule has 0 saturated carbocycles. The fraction of sp³-hybridized carbons (Fsp3) is 0.263.